The number of aliphatic hydroxyl groups excluding tert-OH is 2. The molecule has 48 heavy (non-hydrogen) atoms. The van der Waals surface area contributed by atoms with E-state index in [1.807, 2.05) is 11.8 Å². The van der Waals surface area contributed by atoms with Crippen molar-refractivity contribution >= 4 is 40.8 Å². The first kappa shape index (κ1) is 38.3. The van der Waals surface area contributed by atoms with Crippen LogP contribution in [0.3, 0.4) is 0 Å². The van der Waals surface area contributed by atoms with Gasteiger partial charge in [0, 0.05) is 29.5 Å². The van der Waals surface area contributed by atoms with Gasteiger partial charge in [0.15, 0.2) is 23.9 Å². The Morgan fingerprint density at radius 1 is 0.958 bits per heavy atom. The lowest BCUT2D eigenvalue weighted by Gasteiger charge is -2.21. The van der Waals surface area contributed by atoms with E-state index in [0.29, 0.717) is 11.1 Å². The number of nitro groups is 1. The van der Waals surface area contributed by atoms with Crippen molar-refractivity contribution in [1.29, 1.82) is 0 Å². The van der Waals surface area contributed by atoms with Crippen LogP contribution < -0.4 is 11.4 Å². The molecule has 0 amide bonds. The van der Waals surface area contributed by atoms with Gasteiger partial charge in [-0.1, -0.05) is 42.6 Å². The fourth-order valence-electron chi connectivity index (χ4n) is 3.82. The molecule has 258 valence electrons. The lowest BCUT2D eigenvalue weighted by atomic mass is 10.0. The van der Waals surface area contributed by atoms with Crippen molar-refractivity contribution in [2.45, 2.75) is 24.5 Å². The Hall–Kier alpha value is -4.16. The average molecular weight is 734 g/mol. The minimum atomic E-state index is -5.81. The van der Waals surface area contributed by atoms with Crippen molar-refractivity contribution in [3.8, 4) is 0 Å². The lowest BCUT2D eigenvalue weighted by Crippen LogP contribution is -2.35. The number of nitrogens with zero attached hydrogens (tertiary/aromatic N) is 3. The molecule has 2 heterocycles. The SMILES string of the molecule is C=C=C(OP(=O)(O)OP(=O)(O)OP(=O)(O)O)[C@H]1O[C@@H](n2ccc(N)nc2=O)[C@H](O)[C@@H]1O.O=C(c1ccccc1)c1ccc([N+](=O)[O-])cc1. The van der Waals surface area contributed by atoms with E-state index >= 15 is 0 Å². The number of phosphoric acid groups is 3. The molecule has 6 atom stereocenters. The Kier molecular flexibility index (Phi) is 12.3. The van der Waals surface area contributed by atoms with E-state index in [1.54, 1.807) is 24.3 Å². The molecular weight excluding hydrogens is 709 g/mol. The Morgan fingerprint density at radius 2 is 1.54 bits per heavy atom. The monoisotopic (exact) mass is 734 g/mol. The first-order chi connectivity index (χ1) is 22.2. The summed E-state index contributed by atoms with van der Waals surface area (Å²) in [6.45, 7) is 3.10. The number of anilines is 1. The summed E-state index contributed by atoms with van der Waals surface area (Å²) in [5.74, 6) is -1.22. The van der Waals surface area contributed by atoms with Crippen LogP contribution in [0.25, 0.3) is 0 Å². The number of hydrogen-bond donors (Lipinski definition) is 7. The molecule has 1 aromatic heterocycles. The number of carbonyl (C=O) groups is 1. The van der Waals surface area contributed by atoms with Crippen LogP contribution >= 0.6 is 23.5 Å². The van der Waals surface area contributed by atoms with Crippen molar-refractivity contribution < 1.29 is 71.1 Å². The number of hydrogen-bond acceptors (Lipinski definition) is 15. The highest BCUT2D eigenvalue weighted by molar-refractivity contribution is 7.66. The largest absolute Gasteiger partial charge is 0.536 e. The predicted molar refractivity (Wildman–Crippen MR) is 159 cm³/mol. The molecule has 0 radical (unpaired) electrons. The van der Waals surface area contributed by atoms with Crippen molar-refractivity contribution in [2.24, 2.45) is 0 Å². The number of rotatable bonds is 11. The molecule has 2 aromatic carbocycles. The fraction of sp³-hybridized carbons (Fsp3) is 0.167. The molecule has 2 unspecified atom stereocenters. The smallest absolute Gasteiger partial charge is 0.397 e. The minimum absolute atomic E-state index is 0.0189. The van der Waals surface area contributed by atoms with Gasteiger partial charge >= 0.3 is 29.2 Å². The van der Waals surface area contributed by atoms with Crippen molar-refractivity contribution in [2.75, 3.05) is 5.73 Å². The second kappa shape index (κ2) is 15.4. The van der Waals surface area contributed by atoms with Crippen LogP contribution in [0.4, 0.5) is 11.5 Å². The van der Waals surface area contributed by atoms with Gasteiger partial charge in [-0.15, -0.1) is 0 Å². The van der Waals surface area contributed by atoms with Crippen LogP contribution in [-0.2, 0) is 31.6 Å². The number of nitrogen functional groups attached to an aromatic ring is 1. The topological polar surface area (TPSA) is 331 Å². The van der Waals surface area contributed by atoms with Crippen LogP contribution in [0.2, 0.25) is 0 Å². The van der Waals surface area contributed by atoms with Gasteiger partial charge in [0.1, 0.15) is 18.0 Å². The van der Waals surface area contributed by atoms with E-state index in [1.165, 1.54) is 30.3 Å². The number of non-ortho nitro benzene ring substituents is 1. The fourth-order valence-corrected chi connectivity index (χ4v) is 6.88. The van der Waals surface area contributed by atoms with E-state index < -0.39 is 64.4 Å². The number of nitro benzene ring substituents is 1. The van der Waals surface area contributed by atoms with E-state index in [4.69, 9.17) is 25.2 Å². The molecule has 1 aliphatic rings. The van der Waals surface area contributed by atoms with Gasteiger partial charge in [-0.2, -0.15) is 13.6 Å². The van der Waals surface area contributed by atoms with Crippen LogP contribution in [-0.4, -0.2) is 68.4 Å². The summed E-state index contributed by atoms with van der Waals surface area (Å²) in [7, 11) is -17.1. The number of benzene rings is 2. The highest BCUT2D eigenvalue weighted by Crippen LogP contribution is 2.67. The number of aliphatic hydroxyl groups is 2. The molecule has 0 saturated carbocycles. The number of ketones is 1. The molecule has 0 bridgehead atoms. The van der Waals surface area contributed by atoms with E-state index in [2.05, 4.69) is 24.7 Å². The highest BCUT2D eigenvalue weighted by Gasteiger charge is 2.49. The normalized spacial score (nSPS) is 21.4. The molecule has 1 saturated heterocycles. The number of ether oxygens (including phenoxy) is 1. The van der Waals surface area contributed by atoms with Gasteiger partial charge in [-0.25, -0.2) is 18.5 Å². The maximum Gasteiger partial charge on any atom is 0.536 e. The van der Waals surface area contributed by atoms with Gasteiger partial charge in [0.2, 0.25) is 0 Å². The van der Waals surface area contributed by atoms with Crippen molar-refractivity contribution in [3.63, 3.8) is 0 Å². The second-order valence-corrected chi connectivity index (χ2v) is 13.5. The summed E-state index contributed by atoms with van der Waals surface area (Å²) in [5, 5.41) is 30.8. The summed E-state index contributed by atoms with van der Waals surface area (Å²) < 4.78 is 51.5. The molecule has 4 rings (SSSR count). The zero-order valence-corrected chi connectivity index (χ0v) is 26.5. The van der Waals surface area contributed by atoms with Crippen molar-refractivity contribution in [3.05, 3.63) is 117 Å². The van der Waals surface area contributed by atoms with Gasteiger partial charge in [-0.05, 0) is 18.2 Å². The summed E-state index contributed by atoms with van der Waals surface area (Å²) in [4.78, 5) is 73.0. The molecular formula is C24H25N4O17P3. The Morgan fingerprint density at radius 3 is 2.06 bits per heavy atom. The number of aromatic nitrogens is 2. The first-order valence-electron chi connectivity index (χ1n) is 12.7. The zero-order chi connectivity index (χ0) is 36.0. The highest BCUT2D eigenvalue weighted by atomic mass is 31.3. The van der Waals surface area contributed by atoms with Crippen molar-refractivity contribution in [1.82, 2.24) is 9.55 Å². The van der Waals surface area contributed by atoms with E-state index in [9.17, 15) is 48.5 Å². The first-order valence-corrected chi connectivity index (χ1v) is 17.2. The Balaban J connectivity index is 0.000000308. The molecule has 24 heteroatoms. The second-order valence-electron chi connectivity index (χ2n) is 9.19. The quantitative estimate of drug-likeness (QED) is 0.0364. The molecule has 21 nitrogen and oxygen atoms in total. The van der Waals surface area contributed by atoms with Gasteiger partial charge < -0.3 is 39.9 Å². The molecule has 0 aliphatic carbocycles. The van der Waals surface area contributed by atoms with Gasteiger partial charge in [0.25, 0.3) is 5.69 Å². The third-order valence-corrected chi connectivity index (χ3v) is 9.56. The maximum atomic E-state index is 12.0. The Labute approximate surface area is 268 Å². The number of nitrogens with two attached hydrogens (primary N) is 1. The molecule has 3 aromatic rings. The standard InChI is InChI=1S/C13H9NO3.C11H16N3O14P3/c15-13(10-4-2-1-3-5-10)11-6-8-12(9-7-11)14(16)17;1-2-5(26-30(21,22)28-31(23,24)27-29(18,19)20)9-7(15)8(16)10(25-9)14-4-3-6(12)13-11(14)17/h1-9H;3-4,7-10,15-16H,1H2,(H,21,22)(H,23,24)(H2,12,13,17)(H2,18,19,20)/t;7-,8+,9+,10+/m.0/s1. The Bertz CT molecular complexity index is 1910. The molecule has 1 aliphatic heterocycles. The van der Waals surface area contributed by atoms with Crippen LogP contribution in [0.1, 0.15) is 22.1 Å². The third kappa shape index (κ3) is 10.4. The third-order valence-electron chi connectivity index (χ3n) is 5.80. The average Bonchev–Trinajstić information content (AvgIpc) is 3.28. The summed E-state index contributed by atoms with van der Waals surface area (Å²) in [5.41, 5.74) is 7.30. The molecule has 8 N–H and O–H groups in total. The number of phosphoric ester groups is 1. The van der Waals surface area contributed by atoms with Gasteiger partial charge in [0.05, 0.1) is 4.92 Å². The van der Waals surface area contributed by atoms with Crippen LogP contribution in [0.15, 0.2) is 89.7 Å². The summed E-state index contributed by atoms with van der Waals surface area (Å²) >= 11 is 0. The van der Waals surface area contributed by atoms with E-state index in [0.717, 1.165) is 10.8 Å². The lowest BCUT2D eigenvalue weighted by molar-refractivity contribution is -0.384. The van der Waals surface area contributed by atoms with E-state index in [-0.39, 0.29) is 17.3 Å². The van der Waals surface area contributed by atoms with Crippen LogP contribution in [0.5, 0.6) is 0 Å². The van der Waals surface area contributed by atoms with Gasteiger partial charge in [-0.3, -0.25) is 24.4 Å². The minimum Gasteiger partial charge on any atom is -0.397 e. The summed E-state index contributed by atoms with van der Waals surface area (Å²) in [6.07, 6.45) is -6.06. The number of carbonyl (C=O) groups excluding carboxylic acids is 1. The predicted octanol–water partition coefficient (Wildman–Crippen LogP) is 1.28. The zero-order valence-electron chi connectivity index (χ0n) is 23.8. The van der Waals surface area contributed by atoms with Crippen LogP contribution in [0, 0.1) is 10.1 Å². The maximum absolute atomic E-state index is 12.0. The molecule has 1 fully saturated rings. The molecule has 0 spiro atoms. The summed E-state index contributed by atoms with van der Waals surface area (Å²) in [6, 6.07) is 15.6.